The van der Waals surface area contributed by atoms with Crippen molar-refractivity contribution in [3.05, 3.63) is 43.6 Å². The van der Waals surface area contributed by atoms with E-state index >= 15 is 0 Å². The lowest BCUT2D eigenvalue weighted by Crippen LogP contribution is -2.46. The Morgan fingerprint density at radius 1 is 1.00 bits per heavy atom. The van der Waals surface area contributed by atoms with E-state index in [1.54, 1.807) is 31.2 Å². The zero-order valence-electron chi connectivity index (χ0n) is 8.13. The summed E-state index contributed by atoms with van der Waals surface area (Å²) in [5.74, 6) is 0. The minimum absolute atomic E-state index is 0.263. The molecule has 0 spiro atoms. The van der Waals surface area contributed by atoms with E-state index in [1.807, 2.05) is 6.92 Å². The molecule has 4 heteroatoms. The molecule has 0 saturated heterocycles. The van der Waals surface area contributed by atoms with Crippen LogP contribution in [0.15, 0.2) is 21.7 Å². The zero-order valence-corrected chi connectivity index (χ0v) is 8.13. The van der Waals surface area contributed by atoms with Crippen molar-refractivity contribution in [1.82, 2.24) is 9.97 Å². The van der Waals surface area contributed by atoms with Gasteiger partial charge in [0.15, 0.2) is 0 Å². The average molecular weight is 192 g/mol. The van der Waals surface area contributed by atoms with Gasteiger partial charge < -0.3 is 9.97 Å². The molecule has 14 heavy (non-hydrogen) atoms. The van der Waals surface area contributed by atoms with Gasteiger partial charge in [-0.25, -0.2) is 0 Å². The lowest BCUT2D eigenvalue weighted by molar-refractivity contribution is 1.00. The number of aromatic nitrogens is 2. The maximum atomic E-state index is 11.3. The van der Waals surface area contributed by atoms with E-state index in [0.717, 1.165) is 0 Å². The first-order chi connectivity index (χ1) is 6.69. The van der Waals surface area contributed by atoms with Crippen LogP contribution in [0.25, 0.3) is 12.2 Å². The normalized spacial score (nSPS) is 14.1. The molecule has 0 fully saturated rings. The molecule has 4 nitrogen and oxygen atoms in total. The van der Waals surface area contributed by atoms with Gasteiger partial charge in [-0.15, -0.1) is 0 Å². The van der Waals surface area contributed by atoms with Crippen molar-refractivity contribution in [1.29, 1.82) is 0 Å². The van der Waals surface area contributed by atoms with Gasteiger partial charge in [0.1, 0.15) is 10.7 Å². The highest BCUT2D eigenvalue weighted by atomic mass is 16.1. The third-order valence-corrected chi connectivity index (χ3v) is 1.73. The highest BCUT2D eigenvalue weighted by molar-refractivity contribution is 5.32. The molecule has 2 N–H and O–H groups in total. The van der Waals surface area contributed by atoms with Crippen LogP contribution in [-0.4, -0.2) is 9.97 Å². The van der Waals surface area contributed by atoms with E-state index < -0.39 is 0 Å². The molecule has 1 aromatic heterocycles. The Hall–Kier alpha value is -1.84. The van der Waals surface area contributed by atoms with Crippen molar-refractivity contribution in [2.45, 2.75) is 13.8 Å². The van der Waals surface area contributed by atoms with Crippen molar-refractivity contribution in [2.24, 2.45) is 0 Å². The number of H-pyrrole nitrogens is 2. The summed E-state index contributed by atoms with van der Waals surface area (Å²) >= 11 is 0. The maximum Gasteiger partial charge on any atom is 0.272 e. The number of hydrogen-bond acceptors (Lipinski definition) is 2. The second-order valence-electron chi connectivity index (χ2n) is 2.72. The molecule has 1 heterocycles. The molecule has 0 saturated carbocycles. The Balaban J connectivity index is 3.62. The number of rotatable bonds is 1. The van der Waals surface area contributed by atoms with Gasteiger partial charge in [-0.2, -0.15) is 0 Å². The van der Waals surface area contributed by atoms with E-state index in [0.29, 0.717) is 0 Å². The SMILES string of the molecule is C/C=c1\[nH]c(=O)/c(=C/C=C/C)[nH]c1=O. The molecular formula is C10H12N2O2. The van der Waals surface area contributed by atoms with E-state index in [2.05, 4.69) is 9.97 Å². The molecule has 0 aliphatic carbocycles. The Kier molecular flexibility index (Phi) is 3.23. The first kappa shape index (κ1) is 10.2. The highest BCUT2D eigenvalue weighted by Crippen LogP contribution is 1.67. The van der Waals surface area contributed by atoms with Gasteiger partial charge in [-0.1, -0.05) is 18.2 Å². The second kappa shape index (κ2) is 4.41. The summed E-state index contributed by atoms with van der Waals surface area (Å²) in [6, 6.07) is 0. The minimum atomic E-state index is -0.296. The maximum absolute atomic E-state index is 11.3. The first-order valence-corrected chi connectivity index (χ1v) is 4.31. The largest absolute Gasteiger partial charge is 0.316 e. The summed E-state index contributed by atoms with van der Waals surface area (Å²) in [6.07, 6.45) is 6.58. The van der Waals surface area contributed by atoms with Crippen molar-refractivity contribution in [3.63, 3.8) is 0 Å². The summed E-state index contributed by atoms with van der Waals surface area (Å²) in [5, 5.41) is 0.548. The van der Waals surface area contributed by atoms with Crippen LogP contribution in [-0.2, 0) is 0 Å². The van der Waals surface area contributed by atoms with Crippen molar-refractivity contribution < 1.29 is 0 Å². The van der Waals surface area contributed by atoms with E-state index in [-0.39, 0.29) is 21.8 Å². The number of hydrogen-bond donors (Lipinski definition) is 2. The zero-order chi connectivity index (χ0) is 10.6. The van der Waals surface area contributed by atoms with Gasteiger partial charge in [0.2, 0.25) is 0 Å². The van der Waals surface area contributed by atoms with Gasteiger partial charge in [-0.3, -0.25) is 9.59 Å². The average Bonchev–Trinajstić information content (AvgIpc) is 2.18. The van der Waals surface area contributed by atoms with Crippen LogP contribution in [0, 0.1) is 0 Å². The highest BCUT2D eigenvalue weighted by Gasteiger charge is 1.91. The van der Waals surface area contributed by atoms with Crippen LogP contribution in [0.3, 0.4) is 0 Å². The van der Waals surface area contributed by atoms with Gasteiger partial charge in [-0.05, 0) is 19.9 Å². The number of nitrogens with one attached hydrogen (secondary N) is 2. The van der Waals surface area contributed by atoms with Crippen molar-refractivity contribution in [2.75, 3.05) is 0 Å². The third-order valence-electron chi connectivity index (χ3n) is 1.73. The Labute approximate surface area is 80.3 Å². The van der Waals surface area contributed by atoms with Crippen LogP contribution >= 0.6 is 0 Å². The van der Waals surface area contributed by atoms with Gasteiger partial charge in [0.05, 0.1) is 0 Å². The number of aromatic amines is 2. The fourth-order valence-corrected chi connectivity index (χ4v) is 1.01. The van der Waals surface area contributed by atoms with Crippen LogP contribution in [0.4, 0.5) is 0 Å². The van der Waals surface area contributed by atoms with Crippen molar-refractivity contribution >= 4 is 12.2 Å². The minimum Gasteiger partial charge on any atom is -0.316 e. The van der Waals surface area contributed by atoms with E-state index in [1.165, 1.54) is 0 Å². The molecule has 0 aliphatic heterocycles. The molecule has 0 aliphatic rings. The quantitative estimate of drug-likeness (QED) is 0.613. The fraction of sp³-hybridized carbons (Fsp3) is 0.200. The first-order valence-electron chi connectivity index (χ1n) is 4.31. The van der Waals surface area contributed by atoms with Crippen LogP contribution in [0.1, 0.15) is 13.8 Å². The summed E-state index contributed by atoms with van der Waals surface area (Å²) in [4.78, 5) is 27.6. The molecule has 0 atom stereocenters. The smallest absolute Gasteiger partial charge is 0.272 e. The van der Waals surface area contributed by atoms with E-state index in [9.17, 15) is 9.59 Å². The standard InChI is InChI=1S/C10H12N2O2/c1-3-5-6-8-10(14)11-7(4-2)9(13)12-8/h3-6H,1-2H3,(H,11,14)(H,12,13)/b5-3+,7-4-,8-6-. The van der Waals surface area contributed by atoms with Crippen molar-refractivity contribution in [3.8, 4) is 0 Å². The Morgan fingerprint density at radius 2 is 1.57 bits per heavy atom. The topological polar surface area (TPSA) is 65.7 Å². The van der Waals surface area contributed by atoms with Crippen LogP contribution in [0.2, 0.25) is 0 Å². The summed E-state index contributed by atoms with van der Waals surface area (Å²) < 4.78 is 0. The molecule has 0 amide bonds. The predicted molar refractivity (Wildman–Crippen MR) is 56.4 cm³/mol. The molecule has 0 radical (unpaired) electrons. The molecule has 74 valence electrons. The summed E-state index contributed by atoms with van der Waals surface area (Å²) in [7, 11) is 0. The Bertz CT molecular complexity index is 561. The molecule has 1 rings (SSSR count). The molecule has 0 unspecified atom stereocenters. The fourth-order valence-electron chi connectivity index (χ4n) is 1.01. The van der Waals surface area contributed by atoms with Gasteiger partial charge in [0, 0.05) is 0 Å². The molecule has 0 aromatic carbocycles. The molecular weight excluding hydrogens is 180 g/mol. The molecule has 1 aromatic rings. The van der Waals surface area contributed by atoms with Crippen LogP contribution in [0.5, 0.6) is 0 Å². The Morgan fingerprint density at radius 3 is 2.14 bits per heavy atom. The van der Waals surface area contributed by atoms with Gasteiger partial charge in [0.25, 0.3) is 11.1 Å². The monoisotopic (exact) mass is 192 g/mol. The van der Waals surface area contributed by atoms with E-state index in [4.69, 9.17) is 0 Å². The van der Waals surface area contributed by atoms with Gasteiger partial charge >= 0.3 is 0 Å². The number of allylic oxidation sites excluding steroid dienone is 2. The second-order valence-corrected chi connectivity index (χ2v) is 2.72. The van der Waals surface area contributed by atoms with Crippen LogP contribution < -0.4 is 21.8 Å². The summed E-state index contributed by atoms with van der Waals surface area (Å²) in [5.41, 5.74) is -0.585. The lowest BCUT2D eigenvalue weighted by Gasteiger charge is -1.86. The lowest BCUT2D eigenvalue weighted by atomic mass is 10.4. The molecule has 0 bridgehead atoms. The summed E-state index contributed by atoms with van der Waals surface area (Å²) in [6.45, 7) is 3.52. The predicted octanol–water partition coefficient (Wildman–Crippen LogP) is -0.780. The third kappa shape index (κ3) is 2.10.